The lowest BCUT2D eigenvalue weighted by Crippen LogP contribution is -2.38. The van der Waals surface area contributed by atoms with Gasteiger partial charge in [-0.05, 0) is 51.5 Å². The summed E-state index contributed by atoms with van der Waals surface area (Å²) in [7, 11) is 0. The van der Waals surface area contributed by atoms with E-state index in [2.05, 4.69) is 63.0 Å². The minimum Gasteiger partial charge on any atom is -0.311 e. The molecule has 0 radical (unpaired) electrons. The molecule has 0 aromatic heterocycles. The minimum atomic E-state index is 0.189. The van der Waals surface area contributed by atoms with Crippen LogP contribution < -0.4 is 5.32 Å². The van der Waals surface area contributed by atoms with Crippen LogP contribution in [0.1, 0.15) is 57.9 Å². The molecule has 0 saturated heterocycles. The number of hydrogen-bond donors (Lipinski definition) is 1. The van der Waals surface area contributed by atoms with Gasteiger partial charge in [-0.1, -0.05) is 42.8 Å². The van der Waals surface area contributed by atoms with Crippen LogP contribution in [0, 0.1) is 0 Å². The molecule has 1 atom stereocenters. The van der Waals surface area contributed by atoms with Crippen molar-refractivity contribution >= 4 is 0 Å². The Labute approximate surface area is 119 Å². The molecule has 1 aromatic carbocycles. The van der Waals surface area contributed by atoms with Gasteiger partial charge in [0.15, 0.2) is 0 Å². The van der Waals surface area contributed by atoms with Gasteiger partial charge < -0.3 is 5.32 Å². The summed E-state index contributed by atoms with van der Waals surface area (Å²) in [5.74, 6) is 0.616. The lowest BCUT2D eigenvalue weighted by atomic mass is 9.92. The summed E-state index contributed by atoms with van der Waals surface area (Å²) in [6, 6.07) is 10.9. The van der Waals surface area contributed by atoms with Gasteiger partial charge in [0.05, 0.1) is 0 Å². The lowest BCUT2D eigenvalue weighted by molar-refractivity contribution is 0.395. The molecule has 0 fully saturated rings. The number of benzene rings is 1. The van der Waals surface area contributed by atoms with Crippen molar-refractivity contribution in [1.29, 1.82) is 0 Å². The van der Waals surface area contributed by atoms with Crippen LogP contribution in [-0.2, 0) is 0 Å². The molecule has 1 nitrogen and oxygen atoms in total. The highest BCUT2D eigenvalue weighted by atomic mass is 14.9. The van der Waals surface area contributed by atoms with Gasteiger partial charge in [0.2, 0.25) is 0 Å². The molecule has 1 unspecified atom stereocenters. The molecular weight excluding hydrogens is 230 g/mol. The molecule has 1 rings (SSSR count). The standard InChI is InChI=1S/C18H29N/c1-5-6-7-9-14-17(15-19-18(2,3)4)16-12-10-8-11-13-16/h5,8,10-13,17,19H,1,6-7,9,14-15H2,2-4H3. The van der Waals surface area contributed by atoms with Crippen LogP contribution >= 0.6 is 0 Å². The third kappa shape index (κ3) is 7.17. The third-order valence-electron chi connectivity index (χ3n) is 3.36. The maximum atomic E-state index is 3.79. The maximum absolute atomic E-state index is 3.79. The van der Waals surface area contributed by atoms with E-state index in [4.69, 9.17) is 0 Å². The highest BCUT2D eigenvalue weighted by molar-refractivity contribution is 5.19. The minimum absolute atomic E-state index is 0.189. The van der Waals surface area contributed by atoms with Gasteiger partial charge in [0.25, 0.3) is 0 Å². The van der Waals surface area contributed by atoms with Crippen molar-refractivity contribution in [3.8, 4) is 0 Å². The molecule has 0 aliphatic rings. The van der Waals surface area contributed by atoms with Crippen LogP contribution in [0.3, 0.4) is 0 Å². The summed E-state index contributed by atoms with van der Waals surface area (Å²) in [6.07, 6.45) is 6.93. The van der Waals surface area contributed by atoms with Crippen LogP contribution in [0.5, 0.6) is 0 Å². The number of rotatable bonds is 8. The van der Waals surface area contributed by atoms with Crippen molar-refractivity contribution in [2.75, 3.05) is 6.54 Å². The van der Waals surface area contributed by atoms with E-state index in [0.29, 0.717) is 5.92 Å². The van der Waals surface area contributed by atoms with E-state index in [1.54, 1.807) is 0 Å². The van der Waals surface area contributed by atoms with E-state index in [1.807, 2.05) is 6.08 Å². The predicted octanol–water partition coefficient (Wildman–Crippen LogP) is 4.90. The first-order valence-corrected chi connectivity index (χ1v) is 7.44. The average Bonchev–Trinajstić information content (AvgIpc) is 2.38. The molecule has 1 N–H and O–H groups in total. The van der Waals surface area contributed by atoms with Crippen LogP contribution in [0.15, 0.2) is 43.0 Å². The van der Waals surface area contributed by atoms with Crippen molar-refractivity contribution in [1.82, 2.24) is 5.32 Å². The summed E-state index contributed by atoms with van der Waals surface area (Å²) in [5.41, 5.74) is 1.64. The third-order valence-corrected chi connectivity index (χ3v) is 3.36. The molecule has 1 heteroatoms. The zero-order valence-corrected chi connectivity index (χ0v) is 12.8. The van der Waals surface area contributed by atoms with Crippen LogP contribution in [0.4, 0.5) is 0 Å². The SMILES string of the molecule is C=CCCCCC(CNC(C)(C)C)c1ccccc1. The van der Waals surface area contributed by atoms with E-state index in [9.17, 15) is 0 Å². The zero-order valence-electron chi connectivity index (χ0n) is 12.8. The Bertz CT molecular complexity index is 348. The molecule has 19 heavy (non-hydrogen) atoms. The van der Waals surface area contributed by atoms with Crippen LogP contribution in [0.2, 0.25) is 0 Å². The molecule has 106 valence electrons. The van der Waals surface area contributed by atoms with E-state index in [0.717, 1.165) is 13.0 Å². The Morgan fingerprint density at radius 3 is 2.42 bits per heavy atom. The van der Waals surface area contributed by atoms with Gasteiger partial charge in [-0.15, -0.1) is 6.58 Å². The molecule has 0 saturated carbocycles. The number of unbranched alkanes of at least 4 members (excludes halogenated alkanes) is 2. The van der Waals surface area contributed by atoms with Gasteiger partial charge in [0, 0.05) is 12.1 Å². The van der Waals surface area contributed by atoms with Gasteiger partial charge in [-0.25, -0.2) is 0 Å². The summed E-state index contributed by atoms with van der Waals surface area (Å²) in [4.78, 5) is 0. The summed E-state index contributed by atoms with van der Waals surface area (Å²) in [6.45, 7) is 11.5. The van der Waals surface area contributed by atoms with Crippen molar-refractivity contribution in [2.24, 2.45) is 0 Å². The second-order valence-corrected chi connectivity index (χ2v) is 6.31. The molecule has 0 aliphatic carbocycles. The lowest BCUT2D eigenvalue weighted by Gasteiger charge is -2.25. The normalized spacial score (nSPS) is 13.2. The molecule has 0 amide bonds. The van der Waals surface area contributed by atoms with E-state index < -0.39 is 0 Å². The summed E-state index contributed by atoms with van der Waals surface area (Å²) < 4.78 is 0. The van der Waals surface area contributed by atoms with Crippen molar-refractivity contribution < 1.29 is 0 Å². The van der Waals surface area contributed by atoms with E-state index >= 15 is 0 Å². The topological polar surface area (TPSA) is 12.0 Å². The Hall–Kier alpha value is -1.08. The molecule has 0 spiro atoms. The fourth-order valence-electron chi connectivity index (χ4n) is 2.22. The Kier molecular flexibility index (Phi) is 6.86. The fourth-order valence-corrected chi connectivity index (χ4v) is 2.22. The molecular formula is C18H29N. The Morgan fingerprint density at radius 1 is 1.16 bits per heavy atom. The van der Waals surface area contributed by atoms with Crippen LogP contribution in [0.25, 0.3) is 0 Å². The quantitative estimate of drug-likeness (QED) is 0.517. The number of hydrogen-bond acceptors (Lipinski definition) is 1. The number of nitrogens with one attached hydrogen (secondary N) is 1. The molecule has 0 bridgehead atoms. The predicted molar refractivity (Wildman–Crippen MR) is 85.6 cm³/mol. The monoisotopic (exact) mass is 259 g/mol. The first-order chi connectivity index (χ1) is 9.03. The van der Waals surface area contributed by atoms with E-state index in [-0.39, 0.29) is 5.54 Å². The largest absolute Gasteiger partial charge is 0.311 e. The maximum Gasteiger partial charge on any atom is 0.00967 e. The van der Waals surface area contributed by atoms with Gasteiger partial charge in [-0.2, -0.15) is 0 Å². The first-order valence-electron chi connectivity index (χ1n) is 7.44. The second-order valence-electron chi connectivity index (χ2n) is 6.31. The van der Waals surface area contributed by atoms with Crippen molar-refractivity contribution in [3.63, 3.8) is 0 Å². The van der Waals surface area contributed by atoms with Gasteiger partial charge >= 0.3 is 0 Å². The second kappa shape index (κ2) is 8.16. The van der Waals surface area contributed by atoms with Crippen molar-refractivity contribution in [2.45, 2.75) is 57.9 Å². The highest BCUT2D eigenvalue weighted by Gasteiger charge is 2.15. The Balaban J connectivity index is 2.55. The number of allylic oxidation sites excluding steroid dienone is 1. The average molecular weight is 259 g/mol. The smallest absolute Gasteiger partial charge is 0.00967 e. The van der Waals surface area contributed by atoms with E-state index in [1.165, 1.54) is 24.8 Å². The van der Waals surface area contributed by atoms with Gasteiger partial charge in [0.1, 0.15) is 0 Å². The fraction of sp³-hybridized carbons (Fsp3) is 0.556. The molecule has 0 heterocycles. The van der Waals surface area contributed by atoms with Gasteiger partial charge in [-0.3, -0.25) is 0 Å². The zero-order chi connectivity index (χ0) is 14.1. The summed E-state index contributed by atoms with van der Waals surface area (Å²) >= 11 is 0. The summed E-state index contributed by atoms with van der Waals surface area (Å²) in [5, 5.41) is 3.64. The van der Waals surface area contributed by atoms with Crippen LogP contribution in [-0.4, -0.2) is 12.1 Å². The molecule has 0 aliphatic heterocycles. The Morgan fingerprint density at radius 2 is 1.84 bits per heavy atom. The highest BCUT2D eigenvalue weighted by Crippen LogP contribution is 2.22. The van der Waals surface area contributed by atoms with Crippen molar-refractivity contribution in [3.05, 3.63) is 48.6 Å². The first kappa shape index (κ1) is 16.0. The molecule has 1 aromatic rings.